The normalized spacial score (nSPS) is 14.3. The van der Waals surface area contributed by atoms with Gasteiger partial charge in [-0.1, -0.05) is 32.0 Å². The van der Waals surface area contributed by atoms with E-state index in [1.165, 1.54) is 6.07 Å². The molecule has 0 aliphatic carbocycles. The number of hydrogen-bond donors (Lipinski definition) is 1. The minimum Gasteiger partial charge on any atom is -0.456 e. The summed E-state index contributed by atoms with van der Waals surface area (Å²) in [5.74, 6) is 1.85. The maximum atomic E-state index is 14.5. The van der Waals surface area contributed by atoms with Gasteiger partial charge in [-0.15, -0.1) is 0 Å². The van der Waals surface area contributed by atoms with Crippen LogP contribution in [0.25, 0.3) is 0 Å². The van der Waals surface area contributed by atoms with Crippen molar-refractivity contribution >= 4 is 5.84 Å². The van der Waals surface area contributed by atoms with Crippen LogP contribution in [0, 0.1) is 12.7 Å². The van der Waals surface area contributed by atoms with E-state index in [-0.39, 0.29) is 5.82 Å². The Kier molecular flexibility index (Phi) is 4.84. The van der Waals surface area contributed by atoms with Crippen LogP contribution in [-0.2, 0) is 0 Å². The Hall–Kier alpha value is -2.36. The molecule has 0 amide bonds. The van der Waals surface area contributed by atoms with Gasteiger partial charge in [0.05, 0.1) is 5.56 Å². The lowest BCUT2D eigenvalue weighted by Crippen LogP contribution is -2.31. The number of halogens is 1. The molecule has 4 heteroatoms. The van der Waals surface area contributed by atoms with Crippen molar-refractivity contribution in [1.29, 1.82) is 0 Å². The molecular formula is C20H23FN2O. The minimum absolute atomic E-state index is 0.320. The maximum Gasteiger partial charge on any atom is 0.141 e. The van der Waals surface area contributed by atoms with E-state index in [2.05, 4.69) is 36.3 Å². The van der Waals surface area contributed by atoms with Crippen LogP contribution in [0.4, 0.5) is 4.39 Å². The van der Waals surface area contributed by atoms with Gasteiger partial charge in [-0.3, -0.25) is 4.99 Å². The zero-order chi connectivity index (χ0) is 17.1. The zero-order valence-electron chi connectivity index (χ0n) is 14.4. The molecule has 24 heavy (non-hydrogen) atoms. The fraction of sp³-hybridized carbons (Fsp3) is 0.350. The fourth-order valence-electron chi connectivity index (χ4n) is 2.84. The average molecular weight is 326 g/mol. The van der Waals surface area contributed by atoms with Crippen LogP contribution in [0.5, 0.6) is 11.5 Å². The summed E-state index contributed by atoms with van der Waals surface area (Å²) in [6.07, 6.45) is 0.962. The SMILES string of the molecule is Cc1ccc(C(C)C)c(Oc2cccc(F)c2C2=NCCCN2)c1. The average Bonchev–Trinajstić information content (AvgIpc) is 2.55. The van der Waals surface area contributed by atoms with Crippen molar-refractivity contribution in [2.45, 2.75) is 33.1 Å². The van der Waals surface area contributed by atoms with Gasteiger partial charge in [-0.2, -0.15) is 0 Å². The van der Waals surface area contributed by atoms with Crippen molar-refractivity contribution in [3.63, 3.8) is 0 Å². The molecule has 1 N–H and O–H groups in total. The number of ether oxygens (including phenoxy) is 1. The van der Waals surface area contributed by atoms with E-state index in [0.717, 1.165) is 29.8 Å². The number of aliphatic imine (C=N–C) groups is 1. The van der Waals surface area contributed by atoms with Gasteiger partial charge < -0.3 is 10.1 Å². The highest BCUT2D eigenvalue weighted by atomic mass is 19.1. The first-order valence-corrected chi connectivity index (χ1v) is 8.42. The molecule has 0 saturated heterocycles. The predicted molar refractivity (Wildman–Crippen MR) is 95.8 cm³/mol. The molecule has 2 aromatic rings. The second-order valence-electron chi connectivity index (χ2n) is 6.42. The topological polar surface area (TPSA) is 33.6 Å². The van der Waals surface area contributed by atoms with Gasteiger partial charge in [-0.05, 0) is 48.6 Å². The van der Waals surface area contributed by atoms with Gasteiger partial charge in [-0.25, -0.2) is 4.39 Å². The Balaban J connectivity index is 2.04. The molecule has 2 aromatic carbocycles. The lowest BCUT2D eigenvalue weighted by Gasteiger charge is -2.20. The molecule has 0 atom stereocenters. The highest BCUT2D eigenvalue weighted by molar-refractivity contribution is 6.01. The van der Waals surface area contributed by atoms with Crippen LogP contribution in [0.15, 0.2) is 41.4 Å². The Labute approximate surface area is 142 Å². The van der Waals surface area contributed by atoms with Gasteiger partial charge in [0, 0.05) is 13.1 Å². The van der Waals surface area contributed by atoms with Gasteiger partial charge in [0.1, 0.15) is 23.2 Å². The number of hydrogen-bond acceptors (Lipinski definition) is 3. The van der Waals surface area contributed by atoms with E-state index in [0.29, 0.717) is 29.6 Å². The molecule has 1 heterocycles. The van der Waals surface area contributed by atoms with Crippen molar-refractivity contribution in [3.8, 4) is 11.5 Å². The molecule has 126 valence electrons. The molecule has 3 rings (SSSR count). The number of benzene rings is 2. The Morgan fingerprint density at radius 2 is 2.00 bits per heavy atom. The smallest absolute Gasteiger partial charge is 0.141 e. The third-order valence-electron chi connectivity index (χ3n) is 4.12. The lowest BCUT2D eigenvalue weighted by molar-refractivity contribution is 0.465. The van der Waals surface area contributed by atoms with Gasteiger partial charge >= 0.3 is 0 Å². The van der Waals surface area contributed by atoms with E-state index < -0.39 is 0 Å². The molecule has 0 unspecified atom stereocenters. The van der Waals surface area contributed by atoms with Gasteiger partial charge in [0.15, 0.2) is 0 Å². The van der Waals surface area contributed by atoms with E-state index in [9.17, 15) is 4.39 Å². The Bertz CT molecular complexity index is 768. The third kappa shape index (κ3) is 3.42. The zero-order valence-corrected chi connectivity index (χ0v) is 14.4. The predicted octanol–water partition coefficient (Wildman–Crippen LogP) is 4.79. The lowest BCUT2D eigenvalue weighted by atomic mass is 10.0. The Morgan fingerprint density at radius 3 is 2.71 bits per heavy atom. The fourth-order valence-corrected chi connectivity index (χ4v) is 2.84. The highest BCUT2D eigenvalue weighted by Gasteiger charge is 2.19. The van der Waals surface area contributed by atoms with Crippen LogP contribution >= 0.6 is 0 Å². The first-order chi connectivity index (χ1) is 11.6. The molecule has 0 fully saturated rings. The Morgan fingerprint density at radius 1 is 1.17 bits per heavy atom. The van der Waals surface area contributed by atoms with Crippen molar-refractivity contribution in [2.24, 2.45) is 4.99 Å². The van der Waals surface area contributed by atoms with Crippen LogP contribution in [0.1, 0.15) is 42.9 Å². The maximum absolute atomic E-state index is 14.5. The van der Waals surface area contributed by atoms with Crippen molar-refractivity contribution in [2.75, 3.05) is 13.1 Å². The van der Waals surface area contributed by atoms with Crippen molar-refractivity contribution in [3.05, 3.63) is 58.9 Å². The summed E-state index contributed by atoms with van der Waals surface area (Å²) in [6.45, 7) is 7.77. The molecule has 0 radical (unpaired) electrons. The highest BCUT2D eigenvalue weighted by Crippen LogP contribution is 2.34. The first-order valence-electron chi connectivity index (χ1n) is 8.42. The van der Waals surface area contributed by atoms with Crippen LogP contribution in [0.3, 0.4) is 0 Å². The third-order valence-corrected chi connectivity index (χ3v) is 4.12. The largest absolute Gasteiger partial charge is 0.456 e. The van der Waals surface area contributed by atoms with E-state index in [1.54, 1.807) is 12.1 Å². The summed E-state index contributed by atoms with van der Waals surface area (Å²) in [6, 6.07) is 11.1. The number of rotatable bonds is 4. The van der Waals surface area contributed by atoms with E-state index in [1.807, 2.05) is 13.0 Å². The van der Waals surface area contributed by atoms with Crippen molar-refractivity contribution in [1.82, 2.24) is 5.32 Å². The molecule has 0 saturated carbocycles. The standard InChI is InChI=1S/C20H23FN2O/c1-13(2)15-9-8-14(3)12-18(15)24-17-7-4-6-16(21)19(17)20-22-10-5-11-23-20/h4,6-9,12-13H,5,10-11H2,1-3H3,(H,22,23). The molecule has 0 bridgehead atoms. The quantitative estimate of drug-likeness (QED) is 0.876. The summed E-state index contributed by atoms with van der Waals surface area (Å²) >= 11 is 0. The summed E-state index contributed by atoms with van der Waals surface area (Å²) in [7, 11) is 0. The monoisotopic (exact) mass is 326 g/mol. The summed E-state index contributed by atoms with van der Waals surface area (Å²) in [5, 5.41) is 3.18. The molecule has 0 aromatic heterocycles. The molecule has 3 nitrogen and oxygen atoms in total. The molecule has 1 aliphatic heterocycles. The first kappa shape index (κ1) is 16.5. The molecule has 0 spiro atoms. The van der Waals surface area contributed by atoms with Crippen LogP contribution in [0.2, 0.25) is 0 Å². The van der Waals surface area contributed by atoms with E-state index in [4.69, 9.17) is 4.74 Å². The molecular weight excluding hydrogens is 303 g/mol. The van der Waals surface area contributed by atoms with E-state index >= 15 is 0 Å². The van der Waals surface area contributed by atoms with Crippen molar-refractivity contribution < 1.29 is 9.13 Å². The summed E-state index contributed by atoms with van der Waals surface area (Å²) < 4.78 is 20.6. The number of aryl methyl sites for hydroxylation is 1. The molecule has 1 aliphatic rings. The van der Waals surface area contributed by atoms with Crippen LogP contribution in [-0.4, -0.2) is 18.9 Å². The number of nitrogens with one attached hydrogen (secondary N) is 1. The second-order valence-corrected chi connectivity index (χ2v) is 6.42. The number of nitrogens with zero attached hydrogens (tertiary/aromatic N) is 1. The number of amidine groups is 1. The van der Waals surface area contributed by atoms with Crippen LogP contribution < -0.4 is 10.1 Å². The summed E-state index contributed by atoms with van der Waals surface area (Å²) in [4.78, 5) is 4.42. The van der Waals surface area contributed by atoms with Gasteiger partial charge in [0.25, 0.3) is 0 Å². The summed E-state index contributed by atoms with van der Waals surface area (Å²) in [5.41, 5.74) is 2.63. The van der Waals surface area contributed by atoms with Gasteiger partial charge in [0.2, 0.25) is 0 Å². The minimum atomic E-state index is -0.320. The second kappa shape index (κ2) is 7.04.